The minimum Gasteiger partial charge on any atom is -0.484 e. The van der Waals surface area contributed by atoms with E-state index in [1.165, 1.54) is 19.2 Å². The molecule has 1 N–H and O–H groups in total. The van der Waals surface area contributed by atoms with Crippen molar-refractivity contribution in [3.05, 3.63) is 46.5 Å². The summed E-state index contributed by atoms with van der Waals surface area (Å²) in [5.41, 5.74) is -1.91. The highest BCUT2D eigenvalue weighted by Crippen LogP contribution is 2.69. The second kappa shape index (κ2) is 7.22. The molecule has 0 spiro atoms. The lowest BCUT2D eigenvalue weighted by molar-refractivity contribution is -0.164. The van der Waals surface area contributed by atoms with Gasteiger partial charge >= 0.3 is 6.18 Å². The Hall–Kier alpha value is -2.62. The van der Waals surface area contributed by atoms with Crippen LogP contribution >= 0.6 is 11.6 Å². The average molecular weight is 460 g/mol. The van der Waals surface area contributed by atoms with Gasteiger partial charge in [-0.05, 0) is 42.9 Å². The number of aryl methyl sites for hydroxylation is 1. The molecular weight excluding hydrogens is 442 g/mol. The van der Waals surface area contributed by atoms with E-state index >= 15 is 0 Å². The number of amides is 1. The number of hydrogen-bond acceptors (Lipinski definition) is 4. The second-order valence-electron chi connectivity index (χ2n) is 8.36. The van der Waals surface area contributed by atoms with Gasteiger partial charge in [-0.3, -0.25) is 14.3 Å². The predicted molar refractivity (Wildman–Crippen MR) is 101 cm³/mol. The molecule has 0 atom stereocenters. The summed E-state index contributed by atoms with van der Waals surface area (Å²) in [4.78, 5) is 24.7. The number of alkyl halides is 3. The Morgan fingerprint density at radius 1 is 1.26 bits per heavy atom. The van der Waals surface area contributed by atoms with Crippen molar-refractivity contribution in [2.45, 2.75) is 37.4 Å². The van der Waals surface area contributed by atoms with E-state index in [0.717, 1.165) is 16.8 Å². The van der Waals surface area contributed by atoms with E-state index in [4.69, 9.17) is 16.3 Å². The van der Waals surface area contributed by atoms with E-state index in [2.05, 4.69) is 10.4 Å². The number of benzene rings is 1. The zero-order valence-corrected chi connectivity index (χ0v) is 17.1. The normalized spacial score (nSPS) is 24.2. The lowest BCUT2D eigenvalue weighted by Crippen LogP contribution is -2.75. The van der Waals surface area contributed by atoms with Gasteiger partial charge in [0.15, 0.2) is 18.1 Å². The highest BCUT2D eigenvalue weighted by molar-refractivity contribution is 6.30. The third kappa shape index (κ3) is 4.13. The summed E-state index contributed by atoms with van der Waals surface area (Å²) in [6.07, 6.45) is -2.81. The Kier molecular flexibility index (Phi) is 5.03. The van der Waals surface area contributed by atoms with Crippen molar-refractivity contribution in [3.63, 3.8) is 0 Å². The molecule has 3 saturated carbocycles. The van der Waals surface area contributed by atoms with Crippen molar-refractivity contribution in [3.8, 4) is 5.75 Å². The van der Waals surface area contributed by atoms with E-state index in [9.17, 15) is 27.2 Å². The minimum atomic E-state index is -4.61. The summed E-state index contributed by atoms with van der Waals surface area (Å²) in [6, 6.07) is 4.62. The SMILES string of the molecule is Cn1nc(C(F)(F)F)cc1C(=O)CC12CC(NC(=O)COc3ccc(Cl)c(F)c3)(C1)C2. The standard InChI is InChI=1S/C20H18ClF4N3O3/c1-28-14(5-16(27-28)20(23,24)25)15(29)6-18-8-19(9-18,10-18)26-17(30)7-31-11-2-3-12(21)13(22)4-11/h2-5H,6-10H2,1H3,(H,26,30). The van der Waals surface area contributed by atoms with Crippen LogP contribution in [0.5, 0.6) is 5.75 Å². The highest BCUT2D eigenvalue weighted by Gasteiger charge is 2.68. The molecule has 0 unspecified atom stereocenters. The average Bonchev–Trinajstić information content (AvgIpc) is 3.02. The van der Waals surface area contributed by atoms with Crippen molar-refractivity contribution in [2.24, 2.45) is 12.5 Å². The number of ketones is 1. The molecule has 0 saturated heterocycles. The molecule has 3 aliphatic carbocycles. The number of nitrogens with one attached hydrogen (secondary N) is 1. The van der Waals surface area contributed by atoms with E-state index in [-0.39, 0.29) is 40.8 Å². The number of ether oxygens (including phenoxy) is 1. The fraction of sp³-hybridized carbons (Fsp3) is 0.450. The molecule has 1 heterocycles. The lowest BCUT2D eigenvalue weighted by atomic mass is 9.38. The summed E-state index contributed by atoms with van der Waals surface area (Å²) in [5, 5.41) is 6.18. The quantitative estimate of drug-likeness (QED) is 0.503. The van der Waals surface area contributed by atoms with E-state index in [0.29, 0.717) is 19.3 Å². The van der Waals surface area contributed by atoms with E-state index in [1.807, 2.05) is 0 Å². The van der Waals surface area contributed by atoms with Crippen LogP contribution in [0.3, 0.4) is 0 Å². The minimum absolute atomic E-state index is 0.0498. The van der Waals surface area contributed by atoms with E-state index in [1.54, 1.807) is 0 Å². The molecule has 31 heavy (non-hydrogen) atoms. The van der Waals surface area contributed by atoms with Crippen LogP contribution in [0.1, 0.15) is 41.9 Å². The monoisotopic (exact) mass is 459 g/mol. The maximum atomic E-state index is 13.4. The van der Waals surface area contributed by atoms with Gasteiger partial charge in [0, 0.05) is 25.1 Å². The topological polar surface area (TPSA) is 73.2 Å². The van der Waals surface area contributed by atoms with Gasteiger partial charge in [-0.25, -0.2) is 4.39 Å². The Balaban J connectivity index is 1.27. The molecule has 2 bridgehead atoms. The summed E-state index contributed by atoms with van der Waals surface area (Å²) in [7, 11) is 1.30. The first-order valence-electron chi connectivity index (χ1n) is 9.44. The van der Waals surface area contributed by atoms with Gasteiger partial charge < -0.3 is 10.1 Å². The molecule has 5 rings (SSSR count). The van der Waals surface area contributed by atoms with Gasteiger partial charge in [-0.1, -0.05) is 11.6 Å². The second-order valence-corrected chi connectivity index (χ2v) is 8.77. The zero-order chi connectivity index (χ0) is 22.6. The molecule has 1 amide bonds. The predicted octanol–water partition coefficient (Wildman–Crippen LogP) is 3.92. The molecule has 3 aliphatic rings. The maximum absolute atomic E-state index is 13.4. The molecule has 6 nitrogen and oxygen atoms in total. The van der Waals surface area contributed by atoms with Gasteiger partial charge in [-0.15, -0.1) is 0 Å². The molecular formula is C20H18ClF4N3O3. The first-order valence-corrected chi connectivity index (χ1v) is 9.82. The van der Waals surface area contributed by atoms with E-state index < -0.39 is 29.0 Å². The summed E-state index contributed by atoms with van der Waals surface area (Å²) in [6.45, 7) is -0.302. The van der Waals surface area contributed by atoms with Crippen molar-refractivity contribution >= 4 is 23.3 Å². The Bertz CT molecular complexity index is 1050. The summed E-state index contributed by atoms with van der Waals surface area (Å²) < 4.78 is 58.0. The van der Waals surface area contributed by atoms with Gasteiger partial charge in [-0.2, -0.15) is 18.3 Å². The van der Waals surface area contributed by atoms with Crippen LogP contribution in [0.2, 0.25) is 5.02 Å². The number of hydrogen-bond donors (Lipinski definition) is 1. The fourth-order valence-electron chi connectivity index (χ4n) is 4.66. The number of rotatable bonds is 7. The summed E-state index contributed by atoms with van der Waals surface area (Å²) in [5.74, 6) is -1.26. The summed E-state index contributed by atoms with van der Waals surface area (Å²) >= 11 is 5.59. The Morgan fingerprint density at radius 2 is 1.94 bits per heavy atom. The number of halogens is 5. The molecule has 0 radical (unpaired) electrons. The van der Waals surface area contributed by atoms with Crippen LogP contribution in [0, 0.1) is 11.2 Å². The molecule has 1 aromatic carbocycles. The van der Waals surface area contributed by atoms with Crippen LogP contribution < -0.4 is 10.1 Å². The smallest absolute Gasteiger partial charge is 0.435 e. The van der Waals surface area contributed by atoms with Gasteiger partial charge in [0.2, 0.25) is 0 Å². The first-order chi connectivity index (χ1) is 14.4. The number of nitrogens with zero attached hydrogens (tertiary/aromatic N) is 2. The molecule has 0 aliphatic heterocycles. The molecule has 3 fully saturated rings. The fourth-order valence-corrected chi connectivity index (χ4v) is 4.78. The van der Waals surface area contributed by atoms with Crippen LogP contribution in [0.4, 0.5) is 17.6 Å². The largest absolute Gasteiger partial charge is 0.484 e. The number of aromatic nitrogens is 2. The van der Waals surface area contributed by atoms with Gasteiger partial charge in [0.1, 0.15) is 17.3 Å². The molecule has 1 aromatic heterocycles. The van der Waals surface area contributed by atoms with Crippen LogP contribution in [0.15, 0.2) is 24.3 Å². The maximum Gasteiger partial charge on any atom is 0.435 e. The number of Topliss-reactive ketones (excluding diaryl/α,β-unsaturated/α-hetero) is 1. The van der Waals surface area contributed by atoms with Gasteiger partial charge in [0.25, 0.3) is 5.91 Å². The Morgan fingerprint density at radius 3 is 2.52 bits per heavy atom. The third-order valence-electron chi connectivity index (χ3n) is 5.80. The van der Waals surface area contributed by atoms with Crippen LogP contribution in [0.25, 0.3) is 0 Å². The van der Waals surface area contributed by atoms with Crippen molar-refractivity contribution < 1.29 is 31.9 Å². The number of carbonyl (C=O) groups is 2. The van der Waals surface area contributed by atoms with Gasteiger partial charge in [0.05, 0.1) is 5.02 Å². The van der Waals surface area contributed by atoms with Crippen molar-refractivity contribution in [2.75, 3.05) is 6.61 Å². The van der Waals surface area contributed by atoms with Crippen molar-refractivity contribution in [1.29, 1.82) is 0 Å². The Labute approximate surface area is 179 Å². The van der Waals surface area contributed by atoms with Crippen molar-refractivity contribution in [1.82, 2.24) is 15.1 Å². The first kappa shape index (κ1) is 21.6. The molecule has 166 valence electrons. The highest BCUT2D eigenvalue weighted by atomic mass is 35.5. The lowest BCUT2D eigenvalue weighted by Gasteiger charge is -2.70. The van der Waals surface area contributed by atoms with Crippen LogP contribution in [-0.4, -0.2) is 33.6 Å². The third-order valence-corrected chi connectivity index (χ3v) is 6.10. The molecule has 11 heteroatoms. The molecule has 2 aromatic rings. The van der Waals surface area contributed by atoms with Crippen LogP contribution in [-0.2, 0) is 18.0 Å². The zero-order valence-electron chi connectivity index (χ0n) is 16.4. The number of carbonyl (C=O) groups excluding carboxylic acids is 2.